The fraction of sp³-hybridized carbons (Fsp3) is 0.0667. The third kappa shape index (κ3) is 5.76. The summed E-state index contributed by atoms with van der Waals surface area (Å²) in [5.74, 6) is -1.15. The average Bonchev–Trinajstić information content (AvgIpc) is 2.92. The van der Waals surface area contributed by atoms with Crippen molar-refractivity contribution in [2.24, 2.45) is 0 Å². The molecule has 0 saturated carbocycles. The molecule has 4 aromatic rings. The Balaban J connectivity index is 1.65. The van der Waals surface area contributed by atoms with Gasteiger partial charge in [0, 0.05) is 0 Å². The second-order valence-corrected chi connectivity index (χ2v) is 7.96. The summed E-state index contributed by atoms with van der Waals surface area (Å²) in [4.78, 5) is 13.2. The number of benzene rings is 4. The van der Waals surface area contributed by atoms with Crippen molar-refractivity contribution in [1.29, 1.82) is 5.26 Å². The second kappa shape index (κ2) is 11.4. The zero-order valence-corrected chi connectivity index (χ0v) is 19.0. The maximum atomic E-state index is 13.2. The fourth-order valence-corrected chi connectivity index (χ4v) is 3.92. The highest BCUT2D eigenvalue weighted by Crippen LogP contribution is 2.25. The zero-order valence-electron chi connectivity index (χ0n) is 19.0. The van der Waals surface area contributed by atoms with Crippen molar-refractivity contribution in [3.05, 3.63) is 155 Å². The van der Waals surface area contributed by atoms with Gasteiger partial charge in [-0.2, -0.15) is 5.26 Å². The lowest BCUT2D eigenvalue weighted by Gasteiger charge is -2.22. The van der Waals surface area contributed by atoms with Crippen molar-refractivity contribution in [1.82, 2.24) is 10.6 Å². The number of carbonyl (C=O) groups excluding carboxylic acids is 1. The number of hydrogen-bond donors (Lipinski definition) is 3. The first-order chi connectivity index (χ1) is 17.2. The Labute approximate surface area is 205 Å². The van der Waals surface area contributed by atoms with E-state index in [4.69, 9.17) is 0 Å². The van der Waals surface area contributed by atoms with Crippen molar-refractivity contribution in [3.63, 3.8) is 0 Å². The van der Waals surface area contributed by atoms with E-state index in [2.05, 4.69) is 10.6 Å². The summed E-state index contributed by atoms with van der Waals surface area (Å²) in [7, 11) is 0. The van der Waals surface area contributed by atoms with Crippen molar-refractivity contribution in [2.75, 3.05) is 0 Å². The second-order valence-electron chi connectivity index (χ2n) is 7.96. The Kier molecular flexibility index (Phi) is 7.57. The number of nitrogens with zero attached hydrogens (tertiary/aromatic N) is 1. The topological polar surface area (TPSA) is 85.2 Å². The van der Waals surface area contributed by atoms with Gasteiger partial charge in [0.15, 0.2) is 5.57 Å². The van der Waals surface area contributed by atoms with Crippen molar-refractivity contribution in [2.45, 2.75) is 12.1 Å². The van der Waals surface area contributed by atoms with E-state index in [0.29, 0.717) is 0 Å². The highest BCUT2D eigenvalue weighted by atomic mass is 16.3. The first-order valence-electron chi connectivity index (χ1n) is 11.3. The lowest BCUT2D eigenvalue weighted by Crippen LogP contribution is -2.33. The highest BCUT2D eigenvalue weighted by Gasteiger charge is 2.24. The van der Waals surface area contributed by atoms with Crippen LogP contribution in [0.1, 0.15) is 34.3 Å². The van der Waals surface area contributed by atoms with Crippen LogP contribution in [-0.4, -0.2) is 11.0 Å². The zero-order chi connectivity index (χ0) is 24.5. The summed E-state index contributed by atoms with van der Waals surface area (Å²) >= 11 is 0. The van der Waals surface area contributed by atoms with Gasteiger partial charge in [-0.1, -0.05) is 121 Å². The smallest absolute Gasteiger partial charge is 0.268 e. The number of hydrogen-bond acceptors (Lipinski definition) is 4. The van der Waals surface area contributed by atoms with E-state index in [0.717, 1.165) is 22.3 Å². The van der Waals surface area contributed by atoms with Crippen LogP contribution in [0.3, 0.4) is 0 Å². The Morgan fingerprint density at radius 1 is 0.600 bits per heavy atom. The molecule has 3 N–H and O–H groups in total. The number of rotatable bonds is 8. The minimum atomic E-state index is -0.671. The van der Waals surface area contributed by atoms with Gasteiger partial charge in [-0.3, -0.25) is 4.79 Å². The third-order valence-corrected chi connectivity index (χ3v) is 5.66. The molecular formula is C30H25N3O2. The summed E-state index contributed by atoms with van der Waals surface area (Å²) in [5.41, 5.74) is 3.11. The van der Waals surface area contributed by atoms with Crippen LogP contribution in [-0.2, 0) is 4.79 Å². The van der Waals surface area contributed by atoms with E-state index in [9.17, 15) is 15.2 Å². The number of amides is 1. The Hall–Kier alpha value is -4.82. The van der Waals surface area contributed by atoms with Crippen LogP contribution in [0.2, 0.25) is 0 Å². The summed E-state index contributed by atoms with van der Waals surface area (Å²) in [5, 5.41) is 26.6. The molecule has 0 unspecified atom stereocenters. The summed E-state index contributed by atoms with van der Waals surface area (Å²) in [6.07, 6.45) is 0. The van der Waals surface area contributed by atoms with Crippen LogP contribution in [0.5, 0.6) is 0 Å². The quantitative estimate of drug-likeness (QED) is 0.183. The molecule has 0 atom stereocenters. The first-order valence-corrected chi connectivity index (χ1v) is 11.3. The Morgan fingerprint density at radius 2 is 0.914 bits per heavy atom. The van der Waals surface area contributed by atoms with Crippen molar-refractivity contribution >= 4 is 5.91 Å². The van der Waals surface area contributed by atoms with Gasteiger partial charge < -0.3 is 15.7 Å². The lowest BCUT2D eigenvalue weighted by atomic mass is 9.98. The molecule has 4 aromatic carbocycles. The van der Waals surface area contributed by atoms with Gasteiger partial charge in [0.1, 0.15) is 6.07 Å². The molecule has 0 heterocycles. The van der Waals surface area contributed by atoms with Crippen LogP contribution >= 0.6 is 0 Å². The predicted molar refractivity (Wildman–Crippen MR) is 136 cm³/mol. The summed E-state index contributed by atoms with van der Waals surface area (Å²) < 4.78 is 0. The first kappa shape index (κ1) is 23.3. The normalized spacial score (nSPS) is 11.5. The van der Waals surface area contributed by atoms with Gasteiger partial charge in [0.05, 0.1) is 12.1 Å². The highest BCUT2D eigenvalue weighted by molar-refractivity contribution is 5.98. The predicted octanol–water partition coefficient (Wildman–Crippen LogP) is 5.56. The molecule has 4 rings (SSSR count). The molecule has 0 aliphatic heterocycles. The minimum absolute atomic E-state index is 0.390. The van der Waals surface area contributed by atoms with Gasteiger partial charge in [-0.05, 0) is 22.3 Å². The van der Waals surface area contributed by atoms with E-state index in [1.807, 2.05) is 127 Å². The maximum Gasteiger partial charge on any atom is 0.268 e. The molecule has 0 bridgehead atoms. The lowest BCUT2D eigenvalue weighted by molar-refractivity contribution is -0.117. The molecule has 0 fully saturated rings. The van der Waals surface area contributed by atoms with Crippen LogP contribution in [0.15, 0.2) is 133 Å². The average molecular weight is 460 g/mol. The molecule has 0 aliphatic rings. The van der Waals surface area contributed by atoms with Crippen LogP contribution in [0.4, 0.5) is 0 Å². The molecule has 0 spiro atoms. The van der Waals surface area contributed by atoms with Gasteiger partial charge in [0.25, 0.3) is 5.91 Å². The summed E-state index contributed by atoms with van der Waals surface area (Å²) in [6, 6.07) is 39.0. The molecule has 0 aromatic heterocycles. The number of aliphatic hydroxyl groups excluding tert-OH is 1. The molecule has 0 saturated heterocycles. The standard InChI is InChI=1S/C30H25N3O2/c31-21-26(29(34)32-27(22-13-5-1-6-14-22)23-15-7-2-8-16-23)30(35)33-28(24-17-9-3-10-18-24)25-19-11-4-12-20-25/h1-20,27-28,32,34H,(H,33,35)/b29-26-. The van der Waals surface area contributed by atoms with Crippen molar-refractivity contribution < 1.29 is 9.90 Å². The van der Waals surface area contributed by atoms with Gasteiger partial charge >= 0.3 is 0 Å². The van der Waals surface area contributed by atoms with E-state index in [-0.39, 0.29) is 0 Å². The number of nitrogens with one attached hydrogen (secondary N) is 2. The van der Waals surface area contributed by atoms with E-state index >= 15 is 0 Å². The van der Waals surface area contributed by atoms with Gasteiger partial charge in [0.2, 0.25) is 5.88 Å². The number of carbonyl (C=O) groups is 1. The molecule has 5 heteroatoms. The Bertz CT molecular complexity index is 1240. The van der Waals surface area contributed by atoms with Crippen LogP contribution in [0.25, 0.3) is 0 Å². The number of nitriles is 1. The van der Waals surface area contributed by atoms with Crippen LogP contribution in [0, 0.1) is 11.3 Å². The van der Waals surface area contributed by atoms with Gasteiger partial charge in [-0.25, -0.2) is 0 Å². The number of aliphatic hydroxyl groups is 1. The molecule has 172 valence electrons. The van der Waals surface area contributed by atoms with E-state index < -0.39 is 29.4 Å². The fourth-order valence-electron chi connectivity index (χ4n) is 3.92. The minimum Gasteiger partial charge on any atom is -0.494 e. The maximum absolute atomic E-state index is 13.2. The van der Waals surface area contributed by atoms with Crippen molar-refractivity contribution in [3.8, 4) is 6.07 Å². The largest absolute Gasteiger partial charge is 0.494 e. The molecule has 5 nitrogen and oxygen atoms in total. The molecular weight excluding hydrogens is 434 g/mol. The third-order valence-electron chi connectivity index (χ3n) is 5.66. The monoisotopic (exact) mass is 459 g/mol. The van der Waals surface area contributed by atoms with Crippen LogP contribution < -0.4 is 10.6 Å². The van der Waals surface area contributed by atoms with E-state index in [1.165, 1.54) is 0 Å². The summed E-state index contributed by atoms with van der Waals surface area (Å²) in [6.45, 7) is 0. The Morgan fingerprint density at radius 3 is 1.23 bits per heavy atom. The molecule has 0 aliphatic carbocycles. The molecule has 0 radical (unpaired) electrons. The SMILES string of the molecule is N#C/C(C(=O)NC(c1ccccc1)c1ccccc1)=C(/O)NC(c1ccccc1)c1ccccc1. The van der Waals surface area contributed by atoms with Gasteiger partial charge in [-0.15, -0.1) is 0 Å². The van der Waals surface area contributed by atoms with E-state index in [1.54, 1.807) is 0 Å². The molecule has 1 amide bonds. The molecule has 35 heavy (non-hydrogen) atoms.